The number of hydrogen-bond acceptors (Lipinski definition) is 3. The van der Waals surface area contributed by atoms with Gasteiger partial charge in [0.25, 0.3) is 5.91 Å². The molecule has 19 heavy (non-hydrogen) atoms. The van der Waals surface area contributed by atoms with Crippen LogP contribution in [0.15, 0.2) is 24.3 Å². The van der Waals surface area contributed by atoms with Gasteiger partial charge in [0.05, 0.1) is 5.56 Å². The van der Waals surface area contributed by atoms with Crippen molar-refractivity contribution in [3.8, 4) is 0 Å². The number of nitrogens with zero attached hydrogens (tertiary/aromatic N) is 2. The molecule has 2 aliphatic heterocycles. The van der Waals surface area contributed by atoms with Crippen molar-refractivity contribution in [3.05, 3.63) is 35.6 Å². The third-order valence-corrected chi connectivity index (χ3v) is 3.92. The first-order chi connectivity index (χ1) is 9.25. The molecule has 2 saturated heterocycles. The van der Waals surface area contributed by atoms with Crippen LogP contribution in [0.25, 0.3) is 0 Å². The number of rotatable bonds is 2. The zero-order valence-electron chi connectivity index (χ0n) is 10.8. The molecule has 2 aliphatic rings. The normalized spacial score (nSPS) is 21.2. The van der Waals surface area contributed by atoms with Gasteiger partial charge in [0, 0.05) is 45.3 Å². The lowest BCUT2D eigenvalue weighted by atomic mass is 10.0. The summed E-state index contributed by atoms with van der Waals surface area (Å²) in [5.74, 6) is -0.623. The van der Waals surface area contributed by atoms with Crippen LogP contribution in [-0.4, -0.2) is 61.0 Å². The molecule has 1 amide bonds. The monoisotopic (exact) mass is 263 g/mol. The largest absolute Gasteiger partial charge is 0.335 e. The number of carbonyl (C=O) groups excluding carboxylic acids is 1. The van der Waals surface area contributed by atoms with E-state index in [1.165, 1.54) is 6.07 Å². The average molecular weight is 263 g/mol. The van der Waals surface area contributed by atoms with Crippen LogP contribution in [0.4, 0.5) is 4.39 Å². The number of piperazine rings is 1. The first kappa shape index (κ1) is 12.6. The Morgan fingerprint density at radius 1 is 1.21 bits per heavy atom. The summed E-state index contributed by atoms with van der Waals surface area (Å²) in [6.07, 6.45) is 0. The maximum Gasteiger partial charge on any atom is 0.256 e. The third-order valence-electron chi connectivity index (χ3n) is 3.92. The van der Waals surface area contributed by atoms with Gasteiger partial charge < -0.3 is 10.2 Å². The number of halogens is 1. The van der Waals surface area contributed by atoms with Gasteiger partial charge in [-0.2, -0.15) is 0 Å². The van der Waals surface area contributed by atoms with Crippen LogP contribution in [-0.2, 0) is 0 Å². The Morgan fingerprint density at radius 3 is 2.58 bits per heavy atom. The molecule has 0 unspecified atom stereocenters. The van der Waals surface area contributed by atoms with Gasteiger partial charge in [-0.3, -0.25) is 9.69 Å². The Balaban J connectivity index is 1.58. The van der Waals surface area contributed by atoms with Crippen molar-refractivity contribution in [2.75, 3.05) is 39.3 Å². The zero-order valence-corrected chi connectivity index (χ0v) is 10.8. The summed E-state index contributed by atoms with van der Waals surface area (Å²) in [5, 5.41) is 3.31. The Labute approximate surface area is 112 Å². The summed E-state index contributed by atoms with van der Waals surface area (Å²) in [5.41, 5.74) is 0.182. The van der Waals surface area contributed by atoms with E-state index in [0.29, 0.717) is 19.1 Å². The molecule has 5 heteroatoms. The molecule has 0 saturated carbocycles. The van der Waals surface area contributed by atoms with Crippen molar-refractivity contribution in [1.29, 1.82) is 0 Å². The Hall–Kier alpha value is -1.46. The molecule has 0 spiro atoms. The molecule has 1 aromatic rings. The van der Waals surface area contributed by atoms with Crippen molar-refractivity contribution in [2.24, 2.45) is 0 Å². The molecule has 0 bridgehead atoms. The van der Waals surface area contributed by atoms with E-state index in [2.05, 4.69) is 10.2 Å². The standard InChI is InChI=1S/C14H18FN3O/c15-13-4-2-1-3-12(13)14(19)18-9-11(10-18)17-7-5-16-6-8-17/h1-4,11,16H,5-10H2. The van der Waals surface area contributed by atoms with Crippen LogP contribution >= 0.6 is 0 Å². The second-order valence-corrected chi connectivity index (χ2v) is 5.13. The molecule has 0 atom stereocenters. The molecule has 3 rings (SSSR count). The van der Waals surface area contributed by atoms with Gasteiger partial charge >= 0.3 is 0 Å². The highest BCUT2D eigenvalue weighted by Gasteiger charge is 2.36. The SMILES string of the molecule is O=C(c1ccccc1F)N1CC(N2CCNCC2)C1. The van der Waals surface area contributed by atoms with E-state index < -0.39 is 5.82 Å². The van der Waals surface area contributed by atoms with Crippen LogP contribution in [0.2, 0.25) is 0 Å². The first-order valence-electron chi connectivity index (χ1n) is 6.74. The second kappa shape index (κ2) is 5.27. The fourth-order valence-corrected chi connectivity index (χ4v) is 2.70. The van der Waals surface area contributed by atoms with Crippen LogP contribution in [0.5, 0.6) is 0 Å². The van der Waals surface area contributed by atoms with E-state index in [0.717, 1.165) is 26.2 Å². The maximum absolute atomic E-state index is 13.5. The highest BCUT2D eigenvalue weighted by Crippen LogP contribution is 2.19. The van der Waals surface area contributed by atoms with Crippen molar-refractivity contribution in [2.45, 2.75) is 6.04 Å². The van der Waals surface area contributed by atoms with Crippen LogP contribution in [0.3, 0.4) is 0 Å². The predicted molar refractivity (Wildman–Crippen MR) is 70.5 cm³/mol. The second-order valence-electron chi connectivity index (χ2n) is 5.13. The van der Waals surface area contributed by atoms with Crippen LogP contribution in [0, 0.1) is 5.82 Å². The molecular weight excluding hydrogens is 245 g/mol. The number of likely N-dealkylation sites (tertiary alicyclic amines) is 1. The van der Waals surface area contributed by atoms with Crippen molar-refractivity contribution < 1.29 is 9.18 Å². The fourth-order valence-electron chi connectivity index (χ4n) is 2.70. The molecule has 1 N–H and O–H groups in total. The van der Waals surface area contributed by atoms with Crippen molar-refractivity contribution >= 4 is 5.91 Å². The molecule has 102 valence electrons. The van der Waals surface area contributed by atoms with Gasteiger partial charge in [0.1, 0.15) is 5.82 Å². The molecule has 0 aromatic heterocycles. The van der Waals surface area contributed by atoms with E-state index in [9.17, 15) is 9.18 Å². The lowest BCUT2D eigenvalue weighted by Crippen LogP contribution is -2.63. The molecule has 0 radical (unpaired) electrons. The van der Waals surface area contributed by atoms with Gasteiger partial charge in [0.15, 0.2) is 0 Å². The van der Waals surface area contributed by atoms with Crippen LogP contribution in [0.1, 0.15) is 10.4 Å². The number of carbonyl (C=O) groups is 1. The minimum absolute atomic E-state index is 0.182. The van der Waals surface area contributed by atoms with Crippen LogP contribution < -0.4 is 5.32 Å². The maximum atomic E-state index is 13.5. The summed E-state index contributed by atoms with van der Waals surface area (Å²) in [7, 11) is 0. The van der Waals surface area contributed by atoms with E-state index >= 15 is 0 Å². The van der Waals surface area contributed by atoms with Gasteiger partial charge in [-0.1, -0.05) is 12.1 Å². The first-order valence-corrected chi connectivity index (χ1v) is 6.74. The van der Waals surface area contributed by atoms with Crippen molar-refractivity contribution in [1.82, 2.24) is 15.1 Å². The molecule has 1 aromatic carbocycles. The molecule has 2 fully saturated rings. The number of amides is 1. The van der Waals surface area contributed by atoms with E-state index in [1.54, 1.807) is 23.1 Å². The molecule has 0 aliphatic carbocycles. The lowest BCUT2D eigenvalue weighted by Gasteiger charge is -2.46. The highest BCUT2D eigenvalue weighted by atomic mass is 19.1. The zero-order chi connectivity index (χ0) is 13.2. The predicted octanol–water partition coefficient (Wildman–Crippen LogP) is 0.555. The van der Waals surface area contributed by atoms with E-state index in [1.807, 2.05) is 0 Å². The van der Waals surface area contributed by atoms with Gasteiger partial charge in [-0.25, -0.2) is 4.39 Å². The third kappa shape index (κ3) is 2.48. The highest BCUT2D eigenvalue weighted by molar-refractivity contribution is 5.95. The fraction of sp³-hybridized carbons (Fsp3) is 0.500. The van der Waals surface area contributed by atoms with Gasteiger partial charge in [-0.05, 0) is 12.1 Å². The van der Waals surface area contributed by atoms with Crippen molar-refractivity contribution in [3.63, 3.8) is 0 Å². The summed E-state index contributed by atoms with van der Waals surface area (Å²) >= 11 is 0. The Bertz CT molecular complexity index is 468. The number of benzene rings is 1. The average Bonchev–Trinajstić information content (AvgIpc) is 2.38. The number of hydrogen-bond donors (Lipinski definition) is 1. The Morgan fingerprint density at radius 2 is 1.89 bits per heavy atom. The topological polar surface area (TPSA) is 35.6 Å². The molecule has 4 nitrogen and oxygen atoms in total. The molecule has 2 heterocycles. The minimum Gasteiger partial charge on any atom is -0.335 e. The Kier molecular flexibility index (Phi) is 3.48. The van der Waals surface area contributed by atoms with E-state index in [4.69, 9.17) is 0 Å². The lowest BCUT2D eigenvalue weighted by molar-refractivity contribution is 0.0224. The summed E-state index contributed by atoms with van der Waals surface area (Å²) in [6, 6.07) is 6.63. The van der Waals surface area contributed by atoms with Gasteiger partial charge in [-0.15, -0.1) is 0 Å². The summed E-state index contributed by atoms with van der Waals surface area (Å²) < 4.78 is 13.5. The number of nitrogens with one attached hydrogen (secondary N) is 1. The molecular formula is C14H18FN3O. The smallest absolute Gasteiger partial charge is 0.256 e. The minimum atomic E-state index is -0.432. The van der Waals surface area contributed by atoms with E-state index in [-0.39, 0.29) is 11.5 Å². The summed E-state index contributed by atoms with van der Waals surface area (Å²) in [6.45, 7) is 5.52. The van der Waals surface area contributed by atoms with Gasteiger partial charge in [0.2, 0.25) is 0 Å². The summed E-state index contributed by atoms with van der Waals surface area (Å²) in [4.78, 5) is 16.3. The quantitative estimate of drug-likeness (QED) is 0.846.